The molecule has 10 nitrogen and oxygen atoms in total. The smallest absolute Gasteiger partial charge is 0.264 e. The molecular formula is C19H20N4O6S. The third-order valence-corrected chi connectivity index (χ3v) is 7.08. The van der Waals surface area contributed by atoms with Gasteiger partial charge in [-0.15, -0.1) is 0 Å². The fourth-order valence-electron chi connectivity index (χ4n) is 2.90. The number of rotatable bonds is 7. The Labute approximate surface area is 172 Å². The van der Waals surface area contributed by atoms with E-state index in [1.165, 1.54) is 35.6 Å². The van der Waals surface area contributed by atoms with E-state index in [4.69, 9.17) is 9.73 Å². The first kappa shape index (κ1) is 21.4. The molecule has 158 valence electrons. The topological polar surface area (TPSA) is 144 Å². The molecule has 0 unspecified atom stereocenters. The van der Waals surface area contributed by atoms with Gasteiger partial charge in [-0.25, -0.2) is 13.9 Å². The highest BCUT2D eigenvalue weighted by molar-refractivity contribution is 7.92. The molecule has 0 saturated carbocycles. The van der Waals surface area contributed by atoms with Gasteiger partial charge < -0.3 is 9.09 Å². The van der Waals surface area contributed by atoms with Crippen LogP contribution in [0.2, 0.25) is 0 Å². The molecule has 0 bridgehead atoms. The number of amides is 1. The highest BCUT2D eigenvalue weighted by Crippen LogP contribution is 2.24. The fraction of sp³-hybridized carbons (Fsp3) is 0.263. The molecule has 11 heteroatoms. The zero-order chi connectivity index (χ0) is 21.9. The van der Waals surface area contributed by atoms with Crippen molar-refractivity contribution in [3.63, 3.8) is 0 Å². The fourth-order valence-corrected chi connectivity index (χ4v) is 3.74. The highest BCUT2D eigenvalue weighted by Gasteiger charge is 2.43. The molecule has 1 amide bonds. The maximum atomic E-state index is 12.5. The molecule has 3 aromatic rings. The van der Waals surface area contributed by atoms with Crippen molar-refractivity contribution in [2.75, 3.05) is 6.26 Å². The maximum Gasteiger partial charge on any atom is 0.264 e. The van der Waals surface area contributed by atoms with Gasteiger partial charge >= 0.3 is 0 Å². The maximum absolute atomic E-state index is 12.5. The summed E-state index contributed by atoms with van der Waals surface area (Å²) in [5, 5.41) is 12.4. The molecule has 1 aromatic carbocycles. The largest absolute Gasteiger partial charge is 0.334 e. The van der Waals surface area contributed by atoms with Crippen molar-refractivity contribution in [2.24, 2.45) is 0 Å². The van der Waals surface area contributed by atoms with Crippen molar-refractivity contribution in [2.45, 2.75) is 24.6 Å². The monoisotopic (exact) mass is 432 g/mol. The van der Waals surface area contributed by atoms with Gasteiger partial charge in [0.1, 0.15) is 0 Å². The van der Waals surface area contributed by atoms with Crippen molar-refractivity contribution < 1.29 is 22.9 Å². The van der Waals surface area contributed by atoms with Crippen LogP contribution in [-0.2, 0) is 21.2 Å². The summed E-state index contributed by atoms with van der Waals surface area (Å²) in [4.78, 5) is 28.4. The van der Waals surface area contributed by atoms with Gasteiger partial charge in [0.15, 0.2) is 20.9 Å². The van der Waals surface area contributed by atoms with Crippen molar-refractivity contribution in [3.8, 4) is 22.6 Å². The van der Waals surface area contributed by atoms with Gasteiger partial charge in [-0.2, -0.15) is 4.98 Å². The summed E-state index contributed by atoms with van der Waals surface area (Å²) >= 11 is 0. The van der Waals surface area contributed by atoms with E-state index in [-0.39, 0.29) is 18.5 Å². The lowest BCUT2D eigenvalue weighted by Gasteiger charge is -2.25. The zero-order valence-corrected chi connectivity index (χ0v) is 17.1. The lowest BCUT2D eigenvalue weighted by Crippen LogP contribution is -2.49. The summed E-state index contributed by atoms with van der Waals surface area (Å²) in [5.41, 5.74) is 3.25. The number of aromatic nitrogens is 3. The van der Waals surface area contributed by atoms with Crippen LogP contribution in [0.1, 0.15) is 13.3 Å². The molecule has 2 heterocycles. The van der Waals surface area contributed by atoms with Crippen LogP contribution in [0.3, 0.4) is 0 Å². The van der Waals surface area contributed by atoms with Crippen LogP contribution in [-0.4, -0.2) is 45.2 Å². The van der Waals surface area contributed by atoms with Crippen LogP contribution in [0.25, 0.3) is 22.6 Å². The molecule has 0 aliphatic rings. The van der Waals surface area contributed by atoms with Gasteiger partial charge in [-0.3, -0.25) is 14.8 Å². The third kappa shape index (κ3) is 4.16. The third-order valence-electron chi connectivity index (χ3n) is 5.05. The first-order chi connectivity index (χ1) is 14.2. The quantitative estimate of drug-likeness (QED) is 0.419. The van der Waals surface area contributed by atoms with Gasteiger partial charge in [-0.1, -0.05) is 17.3 Å². The van der Waals surface area contributed by atoms with E-state index in [2.05, 4.69) is 10.1 Å². The number of nitrogens with one attached hydrogen (secondary N) is 1. The molecule has 2 N–H and O–H groups in total. The van der Waals surface area contributed by atoms with E-state index in [1.807, 2.05) is 12.1 Å². The lowest BCUT2D eigenvalue weighted by molar-refractivity contribution is -0.131. The van der Waals surface area contributed by atoms with E-state index in [0.717, 1.165) is 17.4 Å². The number of carbonyl (C=O) groups is 1. The number of hydrogen-bond acceptors (Lipinski definition) is 8. The molecule has 1 atom stereocenters. The van der Waals surface area contributed by atoms with Gasteiger partial charge in [0.2, 0.25) is 0 Å². The second kappa shape index (κ2) is 8.20. The molecule has 0 spiro atoms. The minimum absolute atomic E-state index is 0.0216. The van der Waals surface area contributed by atoms with Crippen LogP contribution in [0, 0.1) is 0 Å². The molecule has 0 fully saturated rings. The predicted molar refractivity (Wildman–Crippen MR) is 107 cm³/mol. The summed E-state index contributed by atoms with van der Waals surface area (Å²) in [5.74, 6) is -0.659. The highest BCUT2D eigenvalue weighted by atomic mass is 32.2. The SMILES string of the molecule is C[C@@](CCn1ccc(-c2ccc(-c3ncno3)cc2)cc1=O)(C(=O)NO)S(C)(=O)=O. The van der Waals surface area contributed by atoms with E-state index in [9.17, 15) is 18.0 Å². The normalized spacial score (nSPS) is 13.6. The Morgan fingerprint density at radius 2 is 1.87 bits per heavy atom. The Hall–Kier alpha value is -3.31. The minimum Gasteiger partial charge on any atom is -0.334 e. The molecule has 3 rings (SSSR count). The Bertz CT molecular complexity index is 1200. The van der Waals surface area contributed by atoms with Crippen LogP contribution >= 0.6 is 0 Å². The zero-order valence-electron chi connectivity index (χ0n) is 16.3. The first-order valence-corrected chi connectivity index (χ1v) is 10.8. The van der Waals surface area contributed by atoms with E-state index >= 15 is 0 Å². The Balaban J connectivity index is 1.80. The van der Waals surface area contributed by atoms with Gasteiger partial charge in [0.05, 0.1) is 0 Å². The van der Waals surface area contributed by atoms with Crippen molar-refractivity contribution >= 4 is 15.7 Å². The second-order valence-corrected chi connectivity index (χ2v) is 9.41. The Kier molecular flexibility index (Phi) is 5.85. The number of aryl methyl sites for hydroxylation is 1. The average Bonchev–Trinajstić information content (AvgIpc) is 3.26. The number of hydroxylamine groups is 1. The number of sulfone groups is 1. The van der Waals surface area contributed by atoms with Crippen molar-refractivity contribution in [1.29, 1.82) is 0 Å². The standard InChI is InChI=1S/C19H20N4O6S/c1-19(18(25)22-26,30(2,27)28)8-10-23-9-7-15(11-16(23)24)13-3-5-14(6-4-13)17-20-12-21-29-17/h3-7,9,11-12,26H,8,10H2,1-2H3,(H,22,25)/t19-/m1/s1. The molecule has 30 heavy (non-hydrogen) atoms. The van der Waals surface area contributed by atoms with Crippen LogP contribution < -0.4 is 11.0 Å². The predicted octanol–water partition coefficient (Wildman–Crippen LogP) is 1.26. The second-order valence-electron chi connectivity index (χ2n) is 6.96. The number of hydrogen-bond donors (Lipinski definition) is 2. The van der Waals surface area contributed by atoms with Crippen LogP contribution in [0.15, 0.2) is 58.2 Å². The summed E-state index contributed by atoms with van der Waals surface area (Å²) < 4.78 is 28.5. The van der Waals surface area contributed by atoms with E-state index in [1.54, 1.807) is 18.2 Å². The number of carbonyl (C=O) groups excluding carboxylic acids is 1. The summed E-state index contributed by atoms with van der Waals surface area (Å²) in [7, 11) is -3.84. The molecule has 2 aromatic heterocycles. The first-order valence-electron chi connectivity index (χ1n) is 8.88. The number of benzene rings is 1. The molecule has 0 aliphatic carbocycles. The summed E-state index contributed by atoms with van der Waals surface area (Å²) in [6.07, 6.45) is 3.56. The average molecular weight is 432 g/mol. The van der Waals surface area contributed by atoms with Gasteiger partial charge in [0, 0.05) is 30.6 Å². The number of nitrogens with zero attached hydrogens (tertiary/aromatic N) is 3. The molecule has 0 radical (unpaired) electrons. The minimum atomic E-state index is -3.84. The molecule has 0 aliphatic heterocycles. The Morgan fingerprint density at radius 3 is 2.40 bits per heavy atom. The van der Waals surface area contributed by atoms with Crippen LogP contribution in [0.5, 0.6) is 0 Å². The lowest BCUT2D eigenvalue weighted by atomic mass is 10.0. The van der Waals surface area contributed by atoms with E-state index < -0.39 is 20.5 Å². The van der Waals surface area contributed by atoms with Crippen LogP contribution in [0.4, 0.5) is 0 Å². The molecular weight excluding hydrogens is 412 g/mol. The summed E-state index contributed by atoms with van der Waals surface area (Å²) in [6, 6.07) is 10.3. The van der Waals surface area contributed by atoms with Crippen molar-refractivity contribution in [3.05, 3.63) is 59.3 Å². The number of pyridine rings is 1. The Morgan fingerprint density at radius 1 is 1.20 bits per heavy atom. The summed E-state index contributed by atoms with van der Waals surface area (Å²) in [6.45, 7) is 1.18. The van der Waals surface area contributed by atoms with Gasteiger partial charge in [-0.05, 0) is 42.7 Å². The van der Waals surface area contributed by atoms with Crippen molar-refractivity contribution in [1.82, 2.24) is 20.2 Å². The van der Waals surface area contributed by atoms with E-state index in [0.29, 0.717) is 11.5 Å². The molecule has 0 saturated heterocycles. The van der Waals surface area contributed by atoms with Gasteiger partial charge in [0.25, 0.3) is 17.4 Å².